The third-order valence-electron chi connectivity index (χ3n) is 3.95. The van der Waals surface area contributed by atoms with Crippen LogP contribution in [-0.2, 0) is 17.6 Å². The molecule has 1 amide bonds. The summed E-state index contributed by atoms with van der Waals surface area (Å²) in [6.07, 6.45) is -4.87. The van der Waals surface area contributed by atoms with Gasteiger partial charge in [-0.05, 0) is 29.8 Å². The minimum absolute atomic E-state index is 0.115. The Labute approximate surface area is 161 Å². The van der Waals surface area contributed by atoms with Gasteiger partial charge in [0.05, 0.1) is 17.3 Å². The number of ether oxygens (including phenoxy) is 1. The molecule has 152 valence electrons. The molecule has 0 fully saturated rings. The lowest BCUT2D eigenvalue weighted by atomic mass is 10.1. The van der Waals surface area contributed by atoms with Crippen molar-refractivity contribution in [1.29, 1.82) is 0 Å². The second-order valence-corrected chi connectivity index (χ2v) is 6.09. The Morgan fingerprint density at radius 2 is 1.97 bits per heavy atom. The highest BCUT2D eigenvalue weighted by Gasteiger charge is 2.31. The van der Waals surface area contributed by atoms with Crippen LogP contribution < -0.4 is 15.7 Å². The maximum Gasteiger partial charge on any atom is 0.573 e. The van der Waals surface area contributed by atoms with E-state index < -0.39 is 29.4 Å². The number of alkyl halides is 3. The number of nitrogens with one attached hydrogen (secondary N) is 1. The van der Waals surface area contributed by atoms with Gasteiger partial charge in [-0.25, -0.2) is 14.1 Å². The maximum atomic E-state index is 13.4. The molecule has 29 heavy (non-hydrogen) atoms. The molecule has 10 heteroatoms. The molecule has 2 aromatic carbocycles. The number of nitrogens with zero attached hydrogens (tertiary/aromatic N) is 2. The molecule has 0 radical (unpaired) electrons. The van der Waals surface area contributed by atoms with Crippen LogP contribution in [0.2, 0.25) is 0 Å². The van der Waals surface area contributed by atoms with Crippen LogP contribution in [0.15, 0.2) is 47.3 Å². The summed E-state index contributed by atoms with van der Waals surface area (Å²) in [5.41, 5.74) is 2.23. The molecule has 3 aromatic rings. The number of carbonyl (C=O) groups excluding carboxylic acids is 1. The molecular formula is C19H15F4N3O3. The smallest absolute Gasteiger partial charge is 0.406 e. The van der Waals surface area contributed by atoms with Gasteiger partial charge in [0.25, 0.3) is 5.56 Å². The fourth-order valence-electron chi connectivity index (χ4n) is 2.76. The van der Waals surface area contributed by atoms with Crippen LogP contribution >= 0.6 is 0 Å². The van der Waals surface area contributed by atoms with E-state index in [1.165, 1.54) is 18.2 Å². The molecule has 0 saturated carbocycles. The maximum absolute atomic E-state index is 13.4. The fourth-order valence-corrected chi connectivity index (χ4v) is 2.76. The average molecular weight is 409 g/mol. The van der Waals surface area contributed by atoms with Gasteiger partial charge in [0, 0.05) is 12.5 Å². The van der Waals surface area contributed by atoms with Gasteiger partial charge in [-0.15, -0.1) is 13.2 Å². The van der Waals surface area contributed by atoms with E-state index in [0.717, 1.165) is 28.9 Å². The first kappa shape index (κ1) is 20.3. The molecule has 0 bridgehead atoms. The van der Waals surface area contributed by atoms with Gasteiger partial charge in [0.1, 0.15) is 17.4 Å². The van der Waals surface area contributed by atoms with Crippen molar-refractivity contribution in [3.8, 4) is 5.75 Å². The van der Waals surface area contributed by atoms with Crippen molar-refractivity contribution >= 4 is 16.8 Å². The van der Waals surface area contributed by atoms with E-state index in [4.69, 9.17) is 0 Å². The highest BCUT2D eigenvalue weighted by atomic mass is 19.4. The number of halogens is 4. The molecular weight excluding hydrogens is 394 g/mol. The van der Waals surface area contributed by atoms with E-state index in [0.29, 0.717) is 0 Å². The van der Waals surface area contributed by atoms with E-state index in [1.54, 1.807) is 6.92 Å². The molecule has 0 aliphatic carbocycles. The van der Waals surface area contributed by atoms with Gasteiger partial charge in [0.2, 0.25) is 5.91 Å². The third kappa shape index (κ3) is 4.89. The van der Waals surface area contributed by atoms with Gasteiger partial charge in [-0.3, -0.25) is 15.0 Å². The first-order valence-electron chi connectivity index (χ1n) is 8.52. The summed E-state index contributed by atoms with van der Waals surface area (Å²) in [5, 5.41) is 0.115. The normalized spacial score (nSPS) is 11.5. The lowest BCUT2D eigenvalue weighted by Crippen LogP contribution is -2.37. The Morgan fingerprint density at radius 3 is 2.66 bits per heavy atom. The van der Waals surface area contributed by atoms with Crippen molar-refractivity contribution in [2.75, 3.05) is 5.43 Å². The van der Waals surface area contributed by atoms with E-state index >= 15 is 0 Å². The van der Waals surface area contributed by atoms with Crippen molar-refractivity contribution in [2.45, 2.75) is 26.1 Å². The van der Waals surface area contributed by atoms with Gasteiger partial charge < -0.3 is 4.74 Å². The fraction of sp³-hybridized carbons (Fsp3) is 0.211. The zero-order valence-electron chi connectivity index (χ0n) is 15.1. The highest BCUT2D eigenvalue weighted by Crippen LogP contribution is 2.23. The van der Waals surface area contributed by atoms with Crippen LogP contribution in [0.3, 0.4) is 0 Å². The summed E-state index contributed by atoms with van der Waals surface area (Å²) in [4.78, 5) is 29.2. The van der Waals surface area contributed by atoms with Crippen LogP contribution in [0.1, 0.15) is 18.3 Å². The number of hydrogen-bond donors (Lipinski definition) is 1. The van der Waals surface area contributed by atoms with Crippen LogP contribution in [0.25, 0.3) is 10.9 Å². The molecule has 6 nitrogen and oxygen atoms in total. The Hall–Kier alpha value is -3.43. The molecule has 0 saturated heterocycles. The minimum Gasteiger partial charge on any atom is -0.406 e. The van der Waals surface area contributed by atoms with Crippen molar-refractivity contribution < 1.29 is 27.1 Å². The molecule has 1 heterocycles. The van der Waals surface area contributed by atoms with E-state index in [9.17, 15) is 27.2 Å². The Kier molecular flexibility index (Phi) is 5.53. The molecule has 1 aromatic heterocycles. The Balaban J connectivity index is 1.85. The van der Waals surface area contributed by atoms with Crippen molar-refractivity contribution in [2.24, 2.45) is 0 Å². The summed E-state index contributed by atoms with van der Waals surface area (Å²) < 4.78 is 55.2. The van der Waals surface area contributed by atoms with Gasteiger partial charge in [-0.1, -0.05) is 19.1 Å². The summed E-state index contributed by atoms with van der Waals surface area (Å²) in [5.74, 6) is -1.44. The SMILES string of the molecule is CCc1nc2cc(F)ccc2c(=O)n1NC(=O)Cc1cccc(OC(F)(F)F)c1. The van der Waals surface area contributed by atoms with Crippen molar-refractivity contribution in [1.82, 2.24) is 9.66 Å². The number of hydrogen-bond acceptors (Lipinski definition) is 4. The van der Waals surface area contributed by atoms with Crippen molar-refractivity contribution in [3.63, 3.8) is 0 Å². The van der Waals surface area contributed by atoms with E-state index in [2.05, 4.69) is 15.1 Å². The summed E-state index contributed by atoms with van der Waals surface area (Å²) in [7, 11) is 0. The number of benzene rings is 2. The summed E-state index contributed by atoms with van der Waals surface area (Å²) >= 11 is 0. The number of carbonyl (C=O) groups is 1. The predicted octanol–water partition coefficient (Wildman–Crippen LogP) is 3.31. The van der Waals surface area contributed by atoms with Gasteiger partial charge in [0.15, 0.2) is 0 Å². The molecule has 0 aliphatic heterocycles. The highest BCUT2D eigenvalue weighted by molar-refractivity contribution is 5.86. The topological polar surface area (TPSA) is 73.2 Å². The first-order valence-corrected chi connectivity index (χ1v) is 8.52. The summed E-state index contributed by atoms with van der Waals surface area (Å²) in [6, 6.07) is 8.45. The Morgan fingerprint density at radius 1 is 1.21 bits per heavy atom. The second kappa shape index (κ2) is 7.90. The van der Waals surface area contributed by atoms with E-state index in [1.807, 2.05) is 0 Å². The number of amides is 1. The lowest BCUT2D eigenvalue weighted by Gasteiger charge is -2.14. The Bertz CT molecular complexity index is 1130. The third-order valence-corrected chi connectivity index (χ3v) is 3.95. The molecule has 0 atom stereocenters. The zero-order valence-corrected chi connectivity index (χ0v) is 15.1. The number of fused-ring (bicyclic) bond motifs is 1. The van der Waals surface area contributed by atoms with E-state index in [-0.39, 0.29) is 35.1 Å². The molecule has 3 rings (SSSR count). The minimum atomic E-state index is -4.85. The zero-order chi connectivity index (χ0) is 21.2. The molecule has 1 N–H and O–H groups in total. The molecule has 0 aliphatic rings. The van der Waals surface area contributed by atoms with Crippen molar-refractivity contribution in [3.05, 3.63) is 70.0 Å². The standard InChI is InChI=1S/C19H15F4N3O3/c1-2-16-24-15-10-12(20)6-7-14(15)18(28)26(16)25-17(27)9-11-4-3-5-13(8-11)29-19(21,22)23/h3-8,10H,2,9H2,1H3,(H,25,27). The monoisotopic (exact) mass is 409 g/mol. The quantitative estimate of drug-likeness (QED) is 0.657. The summed E-state index contributed by atoms with van der Waals surface area (Å²) in [6.45, 7) is 1.70. The first-order chi connectivity index (χ1) is 13.7. The number of aryl methyl sites for hydroxylation is 1. The van der Waals surface area contributed by atoms with Crippen LogP contribution in [0, 0.1) is 5.82 Å². The number of rotatable bonds is 5. The second-order valence-electron chi connectivity index (χ2n) is 6.09. The number of aromatic nitrogens is 2. The predicted molar refractivity (Wildman–Crippen MR) is 96.5 cm³/mol. The van der Waals surface area contributed by atoms with Gasteiger partial charge in [-0.2, -0.15) is 0 Å². The largest absolute Gasteiger partial charge is 0.573 e. The van der Waals surface area contributed by atoms with Crippen LogP contribution in [0.5, 0.6) is 5.75 Å². The molecule has 0 unspecified atom stereocenters. The van der Waals surface area contributed by atoms with Crippen LogP contribution in [0.4, 0.5) is 17.6 Å². The lowest BCUT2D eigenvalue weighted by molar-refractivity contribution is -0.274. The molecule has 0 spiro atoms. The van der Waals surface area contributed by atoms with Gasteiger partial charge >= 0.3 is 6.36 Å². The van der Waals surface area contributed by atoms with Crippen LogP contribution in [-0.4, -0.2) is 21.9 Å². The average Bonchev–Trinajstić information content (AvgIpc) is 2.62.